The third kappa shape index (κ3) is 3.84. The molecule has 110 valence electrons. The molecule has 2 heteroatoms. The second kappa shape index (κ2) is 7.25. The van der Waals surface area contributed by atoms with Gasteiger partial charge >= 0.3 is 0 Å². The maximum atomic E-state index is 5.18. The minimum Gasteiger partial charge on any atom is -0.497 e. The Labute approximate surface area is 132 Å². The zero-order valence-corrected chi connectivity index (χ0v) is 13.3. The summed E-state index contributed by atoms with van der Waals surface area (Å²) in [4.78, 5) is 0. The van der Waals surface area contributed by atoms with Gasteiger partial charge in [0, 0.05) is 11.1 Å². The second-order valence-corrected chi connectivity index (χ2v) is 4.86. The molecule has 0 unspecified atom stereocenters. The van der Waals surface area contributed by atoms with Gasteiger partial charge in [-0.05, 0) is 73.2 Å². The Bertz CT molecular complexity index is 726. The number of methoxy groups -OCH3 is 2. The summed E-state index contributed by atoms with van der Waals surface area (Å²) in [5.41, 5.74) is 4.08. The van der Waals surface area contributed by atoms with Gasteiger partial charge in [0.05, 0.1) is 14.2 Å². The Hall–Kier alpha value is -2.84. The van der Waals surface area contributed by atoms with E-state index in [2.05, 4.69) is 23.7 Å². The van der Waals surface area contributed by atoms with E-state index >= 15 is 0 Å². The van der Waals surface area contributed by atoms with Gasteiger partial charge in [0.2, 0.25) is 0 Å². The molecular formula is C20H18O2. The first-order valence-electron chi connectivity index (χ1n) is 6.95. The summed E-state index contributed by atoms with van der Waals surface area (Å²) in [5.74, 6) is 13.6. The highest BCUT2D eigenvalue weighted by atomic mass is 16.5. The van der Waals surface area contributed by atoms with E-state index in [1.807, 2.05) is 50.2 Å². The Morgan fingerprint density at radius 1 is 0.682 bits per heavy atom. The van der Waals surface area contributed by atoms with Crippen LogP contribution in [0.15, 0.2) is 36.4 Å². The summed E-state index contributed by atoms with van der Waals surface area (Å²) < 4.78 is 10.4. The molecule has 0 radical (unpaired) electrons. The normalized spacial score (nSPS) is 9.09. The highest BCUT2D eigenvalue weighted by Gasteiger charge is 1.97. The molecule has 0 aliphatic rings. The minimum atomic E-state index is 0.836. The van der Waals surface area contributed by atoms with Crippen LogP contribution in [0.25, 0.3) is 0 Å². The second-order valence-electron chi connectivity index (χ2n) is 4.86. The number of hydrogen-bond acceptors (Lipinski definition) is 2. The molecule has 0 N–H and O–H groups in total. The Balaban J connectivity index is 2.18. The fraction of sp³-hybridized carbons (Fsp3) is 0.200. The molecule has 2 rings (SSSR count). The molecule has 0 aliphatic carbocycles. The van der Waals surface area contributed by atoms with Crippen LogP contribution < -0.4 is 9.47 Å². The monoisotopic (exact) mass is 290 g/mol. The lowest BCUT2D eigenvalue weighted by molar-refractivity contribution is 0.414. The first-order valence-corrected chi connectivity index (χ1v) is 6.95. The fourth-order valence-electron chi connectivity index (χ4n) is 2.00. The standard InChI is InChI=1S/C20H18O2/c1-15-13-19(21-3)11-9-17(15)7-5-6-8-18-10-12-20(22-4)14-16(18)2/h9-14H,1-4H3. The molecule has 0 spiro atoms. The van der Waals surface area contributed by atoms with Crippen LogP contribution in [0, 0.1) is 37.5 Å². The van der Waals surface area contributed by atoms with E-state index in [1.54, 1.807) is 14.2 Å². The van der Waals surface area contributed by atoms with E-state index in [1.165, 1.54) is 0 Å². The summed E-state index contributed by atoms with van der Waals surface area (Å²) >= 11 is 0. The summed E-state index contributed by atoms with van der Waals surface area (Å²) in [7, 11) is 3.31. The Morgan fingerprint density at radius 2 is 1.09 bits per heavy atom. The van der Waals surface area contributed by atoms with E-state index < -0.39 is 0 Å². The molecule has 0 saturated carbocycles. The molecule has 2 aromatic carbocycles. The molecule has 2 nitrogen and oxygen atoms in total. The molecule has 0 aromatic heterocycles. The third-order valence-corrected chi connectivity index (χ3v) is 3.32. The fourth-order valence-corrected chi connectivity index (χ4v) is 2.00. The van der Waals surface area contributed by atoms with E-state index in [-0.39, 0.29) is 0 Å². The predicted octanol–water partition coefficient (Wildman–Crippen LogP) is 3.72. The van der Waals surface area contributed by atoms with Crippen molar-refractivity contribution in [3.63, 3.8) is 0 Å². The van der Waals surface area contributed by atoms with Crippen LogP contribution in [0.5, 0.6) is 11.5 Å². The van der Waals surface area contributed by atoms with Crippen LogP contribution in [-0.4, -0.2) is 14.2 Å². The van der Waals surface area contributed by atoms with E-state index in [4.69, 9.17) is 9.47 Å². The van der Waals surface area contributed by atoms with Gasteiger partial charge < -0.3 is 9.47 Å². The summed E-state index contributed by atoms with van der Waals surface area (Å²) in [6.45, 7) is 4.02. The van der Waals surface area contributed by atoms with Gasteiger partial charge in [0.25, 0.3) is 0 Å². The number of ether oxygens (including phenoxy) is 2. The summed E-state index contributed by atoms with van der Waals surface area (Å²) in [6, 6.07) is 11.6. The zero-order chi connectivity index (χ0) is 15.9. The maximum absolute atomic E-state index is 5.18. The van der Waals surface area contributed by atoms with Crippen molar-refractivity contribution in [1.82, 2.24) is 0 Å². The lowest BCUT2D eigenvalue weighted by Crippen LogP contribution is -1.87. The lowest BCUT2D eigenvalue weighted by atomic mass is 10.1. The summed E-state index contributed by atoms with van der Waals surface area (Å²) in [6.07, 6.45) is 0. The van der Waals surface area contributed by atoms with Gasteiger partial charge in [-0.3, -0.25) is 0 Å². The van der Waals surface area contributed by atoms with Crippen LogP contribution in [0.2, 0.25) is 0 Å². The van der Waals surface area contributed by atoms with Gasteiger partial charge in [-0.1, -0.05) is 11.8 Å². The highest BCUT2D eigenvalue weighted by Crippen LogP contribution is 2.16. The highest BCUT2D eigenvalue weighted by molar-refractivity contribution is 5.50. The average molecular weight is 290 g/mol. The Morgan fingerprint density at radius 3 is 1.41 bits per heavy atom. The topological polar surface area (TPSA) is 18.5 Å². The van der Waals surface area contributed by atoms with E-state index in [0.717, 1.165) is 33.8 Å². The van der Waals surface area contributed by atoms with Gasteiger partial charge in [-0.15, -0.1) is 0 Å². The molecule has 0 amide bonds. The smallest absolute Gasteiger partial charge is 0.119 e. The number of rotatable bonds is 2. The predicted molar refractivity (Wildman–Crippen MR) is 89.2 cm³/mol. The molecule has 22 heavy (non-hydrogen) atoms. The molecule has 0 bridgehead atoms. The zero-order valence-electron chi connectivity index (χ0n) is 13.3. The average Bonchev–Trinajstić information content (AvgIpc) is 2.53. The van der Waals surface area contributed by atoms with Crippen LogP contribution in [0.4, 0.5) is 0 Å². The molecular weight excluding hydrogens is 272 g/mol. The minimum absolute atomic E-state index is 0.836. The third-order valence-electron chi connectivity index (χ3n) is 3.32. The van der Waals surface area contributed by atoms with Crippen molar-refractivity contribution in [3.05, 3.63) is 58.7 Å². The summed E-state index contributed by atoms with van der Waals surface area (Å²) in [5, 5.41) is 0. The van der Waals surface area contributed by atoms with Crippen molar-refractivity contribution in [2.45, 2.75) is 13.8 Å². The van der Waals surface area contributed by atoms with E-state index in [9.17, 15) is 0 Å². The molecule has 0 saturated heterocycles. The van der Waals surface area contributed by atoms with Crippen molar-refractivity contribution < 1.29 is 9.47 Å². The van der Waals surface area contributed by atoms with Gasteiger partial charge in [0.1, 0.15) is 11.5 Å². The Kier molecular flexibility index (Phi) is 5.12. The largest absolute Gasteiger partial charge is 0.497 e. The van der Waals surface area contributed by atoms with E-state index in [0.29, 0.717) is 0 Å². The van der Waals surface area contributed by atoms with Crippen molar-refractivity contribution in [1.29, 1.82) is 0 Å². The van der Waals surface area contributed by atoms with Gasteiger partial charge in [-0.25, -0.2) is 0 Å². The van der Waals surface area contributed by atoms with Crippen LogP contribution in [0.1, 0.15) is 22.3 Å². The molecule has 0 atom stereocenters. The van der Waals surface area contributed by atoms with Crippen molar-refractivity contribution in [2.24, 2.45) is 0 Å². The lowest BCUT2D eigenvalue weighted by Gasteiger charge is -2.02. The number of aryl methyl sites for hydroxylation is 2. The molecule has 0 fully saturated rings. The van der Waals surface area contributed by atoms with Gasteiger partial charge in [0.15, 0.2) is 0 Å². The van der Waals surface area contributed by atoms with Crippen molar-refractivity contribution >= 4 is 0 Å². The SMILES string of the molecule is COc1ccc(C#CC#Cc2ccc(OC)cc2C)c(C)c1. The van der Waals surface area contributed by atoms with Gasteiger partial charge in [-0.2, -0.15) is 0 Å². The molecule has 0 aliphatic heterocycles. The first-order chi connectivity index (χ1) is 10.6. The van der Waals surface area contributed by atoms with Crippen molar-refractivity contribution in [2.75, 3.05) is 14.2 Å². The quantitative estimate of drug-likeness (QED) is 0.785. The first kappa shape index (κ1) is 15.5. The van der Waals surface area contributed by atoms with Crippen LogP contribution >= 0.6 is 0 Å². The van der Waals surface area contributed by atoms with Crippen LogP contribution in [-0.2, 0) is 0 Å². The molecule has 0 heterocycles. The van der Waals surface area contributed by atoms with Crippen molar-refractivity contribution in [3.8, 4) is 35.2 Å². The maximum Gasteiger partial charge on any atom is 0.119 e. The van der Waals surface area contributed by atoms with Crippen LogP contribution in [0.3, 0.4) is 0 Å². The number of benzene rings is 2. The molecule has 2 aromatic rings. The number of hydrogen-bond donors (Lipinski definition) is 0.